The number of nitrogens with zero attached hydrogens (tertiary/aromatic N) is 1. The van der Waals surface area contributed by atoms with E-state index in [0.29, 0.717) is 23.0 Å². The van der Waals surface area contributed by atoms with Gasteiger partial charge in [0.2, 0.25) is 5.91 Å². The number of hydrogen-bond donors (Lipinski definition) is 3. The molecule has 4 fully saturated rings. The highest BCUT2D eigenvalue weighted by Crippen LogP contribution is 2.65. The molecule has 0 radical (unpaired) electrons. The van der Waals surface area contributed by atoms with Crippen molar-refractivity contribution in [3.05, 3.63) is 35.3 Å². The van der Waals surface area contributed by atoms with Crippen molar-refractivity contribution in [2.75, 3.05) is 0 Å². The van der Waals surface area contributed by atoms with Crippen molar-refractivity contribution in [1.29, 1.82) is 0 Å². The number of pyridine rings is 1. The third-order valence-electron chi connectivity index (χ3n) is 8.44. The van der Waals surface area contributed by atoms with E-state index >= 15 is 0 Å². The van der Waals surface area contributed by atoms with Crippen LogP contribution in [-0.4, -0.2) is 53.8 Å². The molecule has 10 heteroatoms. The van der Waals surface area contributed by atoms with E-state index in [1.165, 1.54) is 25.3 Å². The average molecular weight is 487 g/mol. The Morgan fingerprint density at radius 2 is 1.97 bits per heavy atom. The lowest BCUT2D eigenvalue weighted by molar-refractivity contribution is -0.605. The molecule has 5 rings (SSSR count). The van der Waals surface area contributed by atoms with Gasteiger partial charge in [0.05, 0.1) is 23.8 Å². The van der Waals surface area contributed by atoms with Crippen LogP contribution in [0, 0.1) is 28.4 Å². The second-order valence-electron chi connectivity index (χ2n) is 11.7. The summed E-state index contributed by atoms with van der Waals surface area (Å²) in [5.41, 5.74) is -0.0931. The SMILES string of the molecule is CC(C)C[C@H](NC(=O)[C@@H](NC(=O)c1ccc[n+]([O-])c1)[C@@H](C)O)B1O[C@@H]2C[C@H]3C[C@H](C3(C)C)[C@]2(C)O1. The molecule has 1 aromatic rings. The Morgan fingerprint density at radius 3 is 2.57 bits per heavy atom. The number of aliphatic hydroxyl groups excluding tert-OH is 1. The van der Waals surface area contributed by atoms with Crippen LogP contribution in [0.5, 0.6) is 0 Å². The molecule has 9 nitrogen and oxygen atoms in total. The Kier molecular flexibility index (Phi) is 6.94. The van der Waals surface area contributed by atoms with Gasteiger partial charge >= 0.3 is 7.12 Å². The molecule has 2 bridgehead atoms. The van der Waals surface area contributed by atoms with Crippen LogP contribution in [0.4, 0.5) is 0 Å². The summed E-state index contributed by atoms with van der Waals surface area (Å²) in [5.74, 6) is -0.314. The van der Waals surface area contributed by atoms with E-state index in [1.807, 2.05) is 0 Å². The minimum Gasteiger partial charge on any atom is -0.619 e. The Bertz CT molecular complexity index is 972. The van der Waals surface area contributed by atoms with Crippen LogP contribution in [0.2, 0.25) is 0 Å². The zero-order chi connectivity index (χ0) is 25.7. The predicted molar refractivity (Wildman–Crippen MR) is 130 cm³/mol. The van der Waals surface area contributed by atoms with Crippen LogP contribution in [0.3, 0.4) is 0 Å². The molecular weight excluding hydrogens is 449 g/mol. The Balaban J connectivity index is 1.47. The molecule has 0 aromatic carbocycles. The van der Waals surface area contributed by atoms with Gasteiger partial charge in [-0.2, -0.15) is 4.73 Å². The Morgan fingerprint density at radius 1 is 1.26 bits per heavy atom. The Hall–Kier alpha value is -2.17. The summed E-state index contributed by atoms with van der Waals surface area (Å²) in [7, 11) is -0.606. The smallest absolute Gasteiger partial charge is 0.481 e. The summed E-state index contributed by atoms with van der Waals surface area (Å²) in [5, 5.41) is 27.4. The largest absolute Gasteiger partial charge is 0.619 e. The molecule has 0 spiro atoms. The maximum atomic E-state index is 13.3. The second-order valence-corrected chi connectivity index (χ2v) is 11.7. The summed E-state index contributed by atoms with van der Waals surface area (Å²) in [6.07, 6.45) is 3.91. The van der Waals surface area contributed by atoms with Gasteiger partial charge in [-0.3, -0.25) is 9.59 Å². The molecule has 1 saturated heterocycles. The van der Waals surface area contributed by atoms with E-state index in [9.17, 15) is 19.9 Å². The van der Waals surface area contributed by atoms with Crippen LogP contribution in [0.1, 0.15) is 71.2 Å². The molecule has 3 aliphatic carbocycles. The average Bonchev–Trinajstić information content (AvgIpc) is 3.13. The topological polar surface area (TPSA) is 124 Å². The molecule has 7 atom stereocenters. The van der Waals surface area contributed by atoms with E-state index in [-0.39, 0.29) is 23.0 Å². The van der Waals surface area contributed by atoms with Gasteiger partial charge in [-0.05, 0) is 62.3 Å². The first-order chi connectivity index (χ1) is 16.3. The third-order valence-corrected chi connectivity index (χ3v) is 8.44. The number of hydrogen-bond acceptors (Lipinski definition) is 6. The summed E-state index contributed by atoms with van der Waals surface area (Å²) >= 11 is 0. The van der Waals surface area contributed by atoms with Crippen LogP contribution in [0.25, 0.3) is 0 Å². The first-order valence-electron chi connectivity index (χ1n) is 12.6. The number of carbonyl (C=O) groups excluding carboxylic acids is 2. The molecule has 35 heavy (non-hydrogen) atoms. The third kappa shape index (κ3) is 4.80. The quantitative estimate of drug-likeness (QED) is 0.291. The Labute approximate surface area is 207 Å². The van der Waals surface area contributed by atoms with Crippen molar-refractivity contribution < 1.29 is 28.7 Å². The number of aromatic nitrogens is 1. The van der Waals surface area contributed by atoms with Crippen molar-refractivity contribution in [3.8, 4) is 0 Å². The van der Waals surface area contributed by atoms with Crippen LogP contribution >= 0.6 is 0 Å². The number of nitrogens with one attached hydrogen (secondary N) is 2. The standard InChI is InChI=1S/C25H38BN3O6/c1-14(2)10-20(26-34-19-12-17-11-18(24(17,4)5)25(19,6)35-26)27-23(32)21(15(3)30)28-22(31)16-8-7-9-29(33)13-16/h7-9,13-15,17-21,30H,10-12H2,1-6H3,(H,27,32)(H,28,31)/t15-,17-,18-,19-,20+,21+,25+/m1/s1. The highest BCUT2D eigenvalue weighted by Gasteiger charge is 2.68. The lowest BCUT2D eigenvalue weighted by Gasteiger charge is -2.64. The van der Waals surface area contributed by atoms with E-state index in [0.717, 1.165) is 19.0 Å². The fourth-order valence-corrected chi connectivity index (χ4v) is 6.31. The molecule has 192 valence electrons. The van der Waals surface area contributed by atoms with Gasteiger partial charge in [0.25, 0.3) is 5.91 Å². The number of carbonyl (C=O) groups is 2. The molecular formula is C25H38BN3O6. The zero-order valence-corrected chi connectivity index (χ0v) is 21.5. The van der Waals surface area contributed by atoms with Gasteiger partial charge in [-0.25, -0.2) is 0 Å². The van der Waals surface area contributed by atoms with Gasteiger partial charge in [0, 0.05) is 6.07 Å². The maximum absolute atomic E-state index is 13.3. The molecule has 4 aliphatic rings. The molecule has 1 aromatic heterocycles. The molecule has 2 amide bonds. The van der Waals surface area contributed by atoms with Crippen molar-refractivity contribution in [2.24, 2.45) is 23.2 Å². The van der Waals surface area contributed by atoms with Crippen LogP contribution in [0.15, 0.2) is 24.5 Å². The van der Waals surface area contributed by atoms with Crippen LogP contribution < -0.4 is 15.4 Å². The van der Waals surface area contributed by atoms with Crippen molar-refractivity contribution >= 4 is 18.9 Å². The lowest BCUT2D eigenvalue weighted by atomic mass is 9.43. The van der Waals surface area contributed by atoms with E-state index in [1.54, 1.807) is 0 Å². The van der Waals surface area contributed by atoms with Gasteiger partial charge in [-0.1, -0.05) is 27.7 Å². The van der Waals surface area contributed by atoms with Crippen LogP contribution in [-0.2, 0) is 14.1 Å². The molecule has 2 heterocycles. The monoisotopic (exact) mass is 487 g/mol. The maximum Gasteiger partial charge on any atom is 0.481 e. The molecule has 3 saturated carbocycles. The van der Waals surface area contributed by atoms with E-state index in [4.69, 9.17) is 9.31 Å². The van der Waals surface area contributed by atoms with Gasteiger partial charge in [-0.15, -0.1) is 0 Å². The first-order valence-corrected chi connectivity index (χ1v) is 12.6. The number of aliphatic hydroxyl groups is 1. The number of amides is 2. The summed E-state index contributed by atoms with van der Waals surface area (Å²) < 4.78 is 13.5. The fraction of sp³-hybridized carbons (Fsp3) is 0.720. The highest BCUT2D eigenvalue weighted by molar-refractivity contribution is 6.48. The summed E-state index contributed by atoms with van der Waals surface area (Å²) in [4.78, 5) is 25.9. The summed E-state index contributed by atoms with van der Waals surface area (Å²) in [6.45, 7) is 12.3. The normalized spacial score (nSPS) is 31.2. The summed E-state index contributed by atoms with van der Waals surface area (Å²) in [6, 6.07) is 1.71. The van der Waals surface area contributed by atoms with Crippen molar-refractivity contribution in [1.82, 2.24) is 10.6 Å². The van der Waals surface area contributed by atoms with Crippen molar-refractivity contribution in [2.45, 2.75) is 90.6 Å². The second kappa shape index (κ2) is 9.37. The minimum atomic E-state index is -1.21. The first kappa shape index (κ1) is 25.9. The number of rotatable bonds is 8. The molecule has 3 N–H and O–H groups in total. The minimum absolute atomic E-state index is 0.0139. The van der Waals surface area contributed by atoms with E-state index in [2.05, 4.69) is 45.3 Å². The van der Waals surface area contributed by atoms with Gasteiger partial charge in [0.15, 0.2) is 12.4 Å². The predicted octanol–water partition coefficient (Wildman–Crippen LogP) is 1.60. The molecule has 1 aliphatic heterocycles. The zero-order valence-electron chi connectivity index (χ0n) is 21.5. The van der Waals surface area contributed by atoms with E-state index < -0.39 is 42.6 Å². The molecule has 0 unspecified atom stereocenters. The van der Waals surface area contributed by atoms with Gasteiger partial charge < -0.3 is 30.3 Å². The lowest BCUT2D eigenvalue weighted by Crippen LogP contribution is -2.65. The highest BCUT2D eigenvalue weighted by atomic mass is 16.7. The van der Waals surface area contributed by atoms with Crippen molar-refractivity contribution in [3.63, 3.8) is 0 Å². The van der Waals surface area contributed by atoms with Gasteiger partial charge in [0.1, 0.15) is 11.6 Å². The fourth-order valence-electron chi connectivity index (χ4n) is 6.31.